The lowest BCUT2D eigenvalue weighted by molar-refractivity contribution is 0.243. The molecule has 0 bridgehead atoms. The molecule has 0 spiro atoms. The molecular weight excluding hydrogens is 176 g/mol. The number of nitrogens with zero attached hydrogens (tertiary/aromatic N) is 2. The van der Waals surface area contributed by atoms with Crippen LogP contribution in [-0.4, -0.2) is 43.5 Å². The molecule has 0 unspecified atom stereocenters. The van der Waals surface area contributed by atoms with Crippen LogP contribution in [0.4, 0.5) is 0 Å². The average molecular weight is 196 g/mol. The van der Waals surface area contributed by atoms with Crippen LogP contribution in [0.2, 0.25) is 0 Å². The smallest absolute Gasteiger partial charge is 0.0947 e. The van der Waals surface area contributed by atoms with Crippen LogP contribution in [0.1, 0.15) is 12.5 Å². The standard InChI is InChI=1S/C11H20N2O/c1-4-13(7-6-12(2)3)9-11-5-8-14-10-11/h5,8,10H,4,6-7,9H2,1-3H3. The predicted molar refractivity (Wildman–Crippen MR) is 58.2 cm³/mol. The lowest BCUT2D eigenvalue weighted by Gasteiger charge is -2.21. The zero-order chi connectivity index (χ0) is 10.4. The Labute approximate surface area is 86.3 Å². The molecule has 80 valence electrons. The molecule has 3 heteroatoms. The van der Waals surface area contributed by atoms with Crippen molar-refractivity contribution >= 4 is 0 Å². The minimum Gasteiger partial charge on any atom is -0.472 e. The first-order valence-electron chi connectivity index (χ1n) is 5.10. The van der Waals surface area contributed by atoms with Crippen molar-refractivity contribution in [3.8, 4) is 0 Å². The summed E-state index contributed by atoms with van der Waals surface area (Å²) in [6, 6.07) is 2.03. The first-order chi connectivity index (χ1) is 6.72. The maximum atomic E-state index is 5.05. The van der Waals surface area contributed by atoms with E-state index in [1.807, 2.05) is 12.3 Å². The largest absolute Gasteiger partial charge is 0.472 e. The summed E-state index contributed by atoms with van der Waals surface area (Å²) in [5.74, 6) is 0. The Hall–Kier alpha value is -0.800. The van der Waals surface area contributed by atoms with Gasteiger partial charge in [0.1, 0.15) is 0 Å². The predicted octanol–water partition coefficient (Wildman–Crippen LogP) is 1.66. The minimum atomic E-state index is 0.987. The number of hydrogen-bond acceptors (Lipinski definition) is 3. The number of rotatable bonds is 6. The summed E-state index contributed by atoms with van der Waals surface area (Å²) in [6.07, 6.45) is 3.55. The maximum Gasteiger partial charge on any atom is 0.0947 e. The van der Waals surface area contributed by atoms with Crippen molar-refractivity contribution in [3.05, 3.63) is 24.2 Å². The van der Waals surface area contributed by atoms with Gasteiger partial charge in [-0.25, -0.2) is 0 Å². The summed E-state index contributed by atoms with van der Waals surface area (Å²) in [5, 5.41) is 0. The second kappa shape index (κ2) is 5.83. The lowest BCUT2D eigenvalue weighted by atomic mass is 10.3. The fraction of sp³-hybridized carbons (Fsp3) is 0.636. The molecule has 1 heterocycles. The van der Waals surface area contributed by atoms with Gasteiger partial charge in [-0.05, 0) is 26.7 Å². The third-order valence-electron chi connectivity index (χ3n) is 2.30. The SMILES string of the molecule is CCN(CCN(C)C)Cc1ccoc1. The lowest BCUT2D eigenvalue weighted by Crippen LogP contribution is -2.31. The second-order valence-corrected chi connectivity index (χ2v) is 3.80. The Balaban J connectivity index is 2.32. The van der Waals surface area contributed by atoms with Gasteiger partial charge in [0.05, 0.1) is 12.5 Å². The van der Waals surface area contributed by atoms with Gasteiger partial charge < -0.3 is 9.32 Å². The molecule has 0 N–H and O–H groups in total. The number of hydrogen-bond donors (Lipinski definition) is 0. The van der Waals surface area contributed by atoms with Crippen molar-refractivity contribution in [2.45, 2.75) is 13.5 Å². The van der Waals surface area contributed by atoms with E-state index in [1.165, 1.54) is 5.56 Å². The molecule has 0 aliphatic rings. The molecule has 14 heavy (non-hydrogen) atoms. The van der Waals surface area contributed by atoms with E-state index in [9.17, 15) is 0 Å². The summed E-state index contributed by atoms with van der Waals surface area (Å²) in [7, 11) is 4.21. The third kappa shape index (κ3) is 3.94. The summed E-state index contributed by atoms with van der Waals surface area (Å²) in [4.78, 5) is 4.61. The Bertz CT molecular complexity index is 231. The molecule has 0 fully saturated rings. The van der Waals surface area contributed by atoms with Crippen LogP contribution in [-0.2, 0) is 6.54 Å². The van der Waals surface area contributed by atoms with Gasteiger partial charge >= 0.3 is 0 Å². The van der Waals surface area contributed by atoms with Crippen LogP contribution in [0.3, 0.4) is 0 Å². The van der Waals surface area contributed by atoms with Gasteiger partial charge in [-0.1, -0.05) is 6.92 Å². The first-order valence-corrected chi connectivity index (χ1v) is 5.10. The molecule has 0 aliphatic carbocycles. The van der Waals surface area contributed by atoms with E-state index in [2.05, 4.69) is 30.8 Å². The van der Waals surface area contributed by atoms with Gasteiger partial charge in [0.15, 0.2) is 0 Å². The molecule has 0 saturated carbocycles. The van der Waals surface area contributed by atoms with E-state index in [0.29, 0.717) is 0 Å². The highest BCUT2D eigenvalue weighted by Crippen LogP contribution is 2.04. The van der Waals surface area contributed by atoms with Gasteiger partial charge in [-0.2, -0.15) is 0 Å². The van der Waals surface area contributed by atoms with Crippen molar-refractivity contribution in [3.63, 3.8) is 0 Å². The van der Waals surface area contributed by atoms with Gasteiger partial charge in [0.2, 0.25) is 0 Å². The van der Waals surface area contributed by atoms with Gasteiger partial charge in [0, 0.05) is 25.2 Å². The van der Waals surface area contributed by atoms with Crippen molar-refractivity contribution < 1.29 is 4.42 Å². The van der Waals surface area contributed by atoms with Crippen LogP contribution in [0.5, 0.6) is 0 Å². The van der Waals surface area contributed by atoms with E-state index in [-0.39, 0.29) is 0 Å². The van der Waals surface area contributed by atoms with Crippen LogP contribution in [0, 0.1) is 0 Å². The van der Waals surface area contributed by atoms with Crippen LogP contribution >= 0.6 is 0 Å². The number of likely N-dealkylation sites (N-methyl/N-ethyl adjacent to an activating group) is 2. The third-order valence-corrected chi connectivity index (χ3v) is 2.30. The monoisotopic (exact) mass is 196 g/mol. The summed E-state index contributed by atoms with van der Waals surface area (Å²) in [6.45, 7) is 6.47. The fourth-order valence-electron chi connectivity index (χ4n) is 1.33. The number of furan rings is 1. The molecule has 1 rings (SSSR count). The van der Waals surface area contributed by atoms with E-state index in [4.69, 9.17) is 4.42 Å². The summed E-state index contributed by atoms with van der Waals surface area (Å²) < 4.78 is 5.05. The molecule has 3 nitrogen and oxygen atoms in total. The van der Waals surface area contributed by atoms with Crippen molar-refractivity contribution in [1.29, 1.82) is 0 Å². The Morgan fingerprint density at radius 1 is 1.29 bits per heavy atom. The topological polar surface area (TPSA) is 19.6 Å². The highest BCUT2D eigenvalue weighted by atomic mass is 16.3. The molecule has 0 atom stereocenters. The van der Waals surface area contributed by atoms with Gasteiger partial charge in [-0.15, -0.1) is 0 Å². The average Bonchev–Trinajstić information content (AvgIpc) is 2.64. The quantitative estimate of drug-likeness (QED) is 0.690. The van der Waals surface area contributed by atoms with Crippen molar-refractivity contribution in [1.82, 2.24) is 9.80 Å². The minimum absolute atomic E-state index is 0.987. The van der Waals surface area contributed by atoms with Gasteiger partial charge in [0.25, 0.3) is 0 Å². The Kier molecular flexibility index (Phi) is 4.70. The molecular formula is C11H20N2O. The van der Waals surface area contributed by atoms with Crippen molar-refractivity contribution in [2.75, 3.05) is 33.7 Å². The van der Waals surface area contributed by atoms with E-state index in [0.717, 1.165) is 26.2 Å². The summed E-state index contributed by atoms with van der Waals surface area (Å²) >= 11 is 0. The van der Waals surface area contributed by atoms with E-state index in [1.54, 1.807) is 6.26 Å². The van der Waals surface area contributed by atoms with Crippen LogP contribution in [0.25, 0.3) is 0 Å². The van der Waals surface area contributed by atoms with Crippen LogP contribution in [0.15, 0.2) is 23.0 Å². The normalized spacial score (nSPS) is 11.5. The molecule has 0 aromatic carbocycles. The molecule has 0 saturated heterocycles. The fourth-order valence-corrected chi connectivity index (χ4v) is 1.33. The highest BCUT2D eigenvalue weighted by molar-refractivity contribution is 5.04. The Morgan fingerprint density at radius 2 is 2.07 bits per heavy atom. The Morgan fingerprint density at radius 3 is 2.57 bits per heavy atom. The zero-order valence-corrected chi connectivity index (χ0v) is 9.36. The van der Waals surface area contributed by atoms with E-state index < -0.39 is 0 Å². The molecule has 0 amide bonds. The second-order valence-electron chi connectivity index (χ2n) is 3.80. The molecule has 1 aromatic rings. The van der Waals surface area contributed by atoms with Gasteiger partial charge in [-0.3, -0.25) is 4.90 Å². The maximum absolute atomic E-state index is 5.05. The molecule has 0 radical (unpaired) electrons. The highest BCUT2D eigenvalue weighted by Gasteiger charge is 2.04. The van der Waals surface area contributed by atoms with Crippen LogP contribution < -0.4 is 0 Å². The molecule has 0 aliphatic heterocycles. The summed E-state index contributed by atoms with van der Waals surface area (Å²) in [5.41, 5.74) is 1.26. The van der Waals surface area contributed by atoms with E-state index >= 15 is 0 Å². The van der Waals surface area contributed by atoms with Crippen molar-refractivity contribution in [2.24, 2.45) is 0 Å². The molecule has 1 aromatic heterocycles. The first kappa shape index (κ1) is 11.3. The zero-order valence-electron chi connectivity index (χ0n) is 9.36.